The molecule has 0 spiro atoms. The summed E-state index contributed by atoms with van der Waals surface area (Å²) in [5.74, 6) is -3.61. The Morgan fingerprint density at radius 3 is 2.57 bits per heavy atom. The number of anilines is 1. The molecule has 0 bridgehead atoms. The van der Waals surface area contributed by atoms with Gasteiger partial charge < -0.3 is 5.32 Å². The average Bonchev–Trinajstić information content (AvgIpc) is 3.29. The maximum Gasteiger partial charge on any atom is 0.288 e. The molecule has 2 nitrogen and oxygen atoms in total. The monoisotopic (exact) mass is 337 g/mol. The highest BCUT2D eigenvalue weighted by Crippen LogP contribution is 2.49. The van der Waals surface area contributed by atoms with Gasteiger partial charge in [-0.05, 0) is 36.1 Å². The Kier molecular flexibility index (Phi) is 4.61. The Morgan fingerprint density at radius 2 is 1.83 bits per heavy atom. The maximum absolute atomic E-state index is 13.7. The molecule has 0 saturated heterocycles. The van der Waals surface area contributed by atoms with Gasteiger partial charge in [0.05, 0.1) is 5.69 Å². The van der Waals surface area contributed by atoms with E-state index in [1.807, 2.05) is 0 Å². The van der Waals surface area contributed by atoms with Crippen molar-refractivity contribution in [3.63, 3.8) is 0 Å². The van der Waals surface area contributed by atoms with Crippen LogP contribution in [0.25, 0.3) is 0 Å². The molecule has 1 saturated carbocycles. The summed E-state index contributed by atoms with van der Waals surface area (Å²) in [6.45, 7) is 0. The molecule has 0 radical (unpaired) electrons. The Balaban J connectivity index is 1.69. The number of benzene rings is 2. The summed E-state index contributed by atoms with van der Waals surface area (Å²) < 4.78 is 38.8. The summed E-state index contributed by atoms with van der Waals surface area (Å²) >= 11 is 0.391. The van der Waals surface area contributed by atoms with E-state index in [-0.39, 0.29) is 23.6 Å². The molecule has 23 heavy (non-hydrogen) atoms. The zero-order valence-electron chi connectivity index (χ0n) is 12.0. The van der Waals surface area contributed by atoms with E-state index >= 15 is 0 Å². The lowest BCUT2D eigenvalue weighted by atomic mass is 10.1. The number of carbonyl (C=O) groups excluding carboxylic acids is 1. The van der Waals surface area contributed by atoms with Crippen LogP contribution in [0.3, 0.4) is 0 Å². The Hall–Kier alpha value is -1.95. The van der Waals surface area contributed by atoms with Gasteiger partial charge in [0.25, 0.3) is 5.76 Å². The third-order valence-electron chi connectivity index (χ3n) is 3.79. The molecule has 0 aliphatic heterocycles. The second-order valence-corrected chi connectivity index (χ2v) is 6.37. The van der Waals surface area contributed by atoms with Crippen LogP contribution in [0, 0.1) is 11.7 Å². The Morgan fingerprint density at radius 1 is 1.13 bits per heavy atom. The maximum atomic E-state index is 13.7. The van der Waals surface area contributed by atoms with Crippen molar-refractivity contribution in [2.24, 2.45) is 5.92 Å². The lowest BCUT2D eigenvalue weighted by Gasteiger charge is -2.10. The van der Waals surface area contributed by atoms with Gasteiger partial charge in [0.1, 0.15) is 5.82 Å². The zero-order valence-corrected chi connectivity index (χ0v) is 12.8. The molecule has 120 valence electrons. The number of para-hydroxylation sites is 1. The fourth-order valence-corrected chi connectivity index (χ4v) is 3.19. The summed E-state index contributed by atoms with van der Waals surface area (Å²) in [6, 6.07) is 12.8. The van der Waals surface area contributed by atoms with Crippen molar-refractivity contribution in [2.75, 3.05) is 5.32 Å². The number of hydrogen-bond acceptors (Lipinski definition) is 2. The number of carbonyl (C=O) groups is 1. The predicted octanol–water partition coefficient (Wildman–Crippen LogP) is 4.88. The summed E-state index contributed by atoms with van der Waals surface area (Å²) in [6.07, 6.45) is 0.566. The molecule has 2 aromatic rings. The molecule has 1 aliphatic carbocycles. The number of rotatable bonds is 5. The largest absolute Gasteiger partial charge is 0.325 e. The normalized spacial score (nSPS) is 19.7. The molecule has 2 unspecified atom stereocenters. The smallest absolute Gasteiger partial charge is 0.288 e. The molecule has 0 heterocycles. The molecule has 1 amide bonds. The number of nitrogens with one attached hydrogen (secondary N) is 1. The molecule has 3 rings (SSSR count). The first-order chi connectivity index (χ1) is 11.1. The van der Waals surface area contributed by atoms with Crippen LogP contribution in [0.4, 0.5) is 18.9 Å². The van der Waals surface area contributed by atoms with Crippen LogP contribution in [-0.4, -0.2) is 11.7 Å². The van der Waals surface area contributed by atoms with E-state index in [2.05, 4.69) is 5.32 Å². The fourth-order valence-electron chi connectivity index (χ4n) is 2.60. The van der Waals surface area contributed by atoms with Crippen LogP contribution in [0.15, 0.2) is 53.4 Å². The highest BCUT2D eigenvalue weighted by atomic mass is 32.2. The van der Waals surface area contributed by atoms with Crippen molar-refractivity contribution >= 4 is 23.4 Å². The van der Waals surface area contributed by atoms with Crippen LogP contribution < -0.4 is 5.32 Å². The topological polar surface area (TPSA) is 29.1 Å². The number of halogens is 3. The molecule has 6 heteroatoms. The first-order valence-electron chi connectivity index (χ1n) is 7.15. The highest BCUT2D eigenvalue weighted by Gasteiger charge is 2.45. The minimum atomic E-state index is -2.56. The summed E-state index contributed by atoms with van der Waals surface area (Å²) in [5, 5.41) is 2.68. The van der Waals surface area contributed by atoms with E-state index in [9.17, 15) is 18.0 Å². The third kappa shape index (κ3) is 3.69. The molecule has 1 N–H and O–H groups in total. The fraction of sp³-hybridized carbons (Fsp3) is 0.235. The van der Waals surface area contributed by atoms with Crippen LogP contribution in [0.1, 0.15) is 17.9 Å². The van der Waals surface area contributed by atoms with Crippen molar-refractivity contribution in [1.29, 1.82) is 0 Å². The van der Waals surface area contributed by atoms with Crippen LogP contribution >= 0.6 is 11.8 Å². The van der Waals surface area contributed by atoms with Crippen LogP contribution in [0.2, 0.25) is 0 Å². The molecule has 1 fully saturated rings. The second kappa shape index (κ2) is 6.66. The first kappa shape index (κ1) is 15.9. The lowest BCUT2D eigenvalue weighted by Crippen LogP contribution is -2.15. The minimum Gasteiger partial charge on any atom is -0.325 e. The van der Waals surface area contributed by atoms with Crippen molar-refractivity contribution in [3.05, 3.63) is 59.9 Å². The molecule has 0 aromatic heterocycles. The van der Waals surface area contributed by atoms with Gasteiger partial charge >= 0.3 is 0 Å². The van der Waals surface area contributed by atoms with E-state index in [0.717, 1.165) is 0 Å². The van der Waals surface area contributed by atoms with Crippen LogP contribution in [-0.2, 0) is 4.79 Å². The highest BCUT2D eigenvalue weighted by molar-refractivity contribution is 7.99. The van der Waals surface area contributed by atoms with E-state index in [0.29, 0.717) is 34.3 Å². The second-order valence-electron chi connectivity index (χ2n) is 5.33. The van der Waals surface area contributed by atoms with Crippen molar-refractivity contribution in [2.45, 2.75) is 23.0 Å². The van der Waals surface area contributed by atoms with E-state index < -0.39 is 5.76 Å². The quantitative estimate of drug-likeness (QED) is 0.788. The molecule has 2 atom stereocenters. The van der Waals surface area contributed by atoms with Crippen molar-refractivity contribution in [3.8, 4) is 0 Å². The van der Waals surface area contributed by atoms with Crippen molar-refractivity contribution < 1.29 is 18.0 Å². The van der Waals surface area contributed by atoms with Gasteiger partial charge in [-0.15, -0.1) is 0 Å². The Labute approximate surface area is 136 Å². The van der Waals surface area contributed by atoms with Gasteiger partial charge in [-0.1, -0.05) is 42.1 Å². The average molecular weight is 337 g/mol. The van der Waals surface area contributed by atoms with Gasteiger partial charge in [0.15, 0.2) is 0 Å². The molecule has 1 aliphatic rings. The first-order valence-corrected chi connectivity index (χ1v) is 8.03. The SMILES string of the molecule is O=C(Nc1ccccc1SC(F)F)C1CC1c1ccccc1F. The number of thioether (sulfide) groups is 1. The predicted molar refractivity (Wildman–Crippen MR) is 84.2 cm³/mol. The minimum absolute atomic E-state index is 0.147. The van der Waals surface area contributed by atoms with Crippen molar-refractivity contribution in [1.82, 2.24) is 0 Å². The number of hydrogen-bond donors (Lipinski definition) is 1. The molecular formula is C17H14F3NOS. The zero-order chi connectivity index (χ0) is 16.4. The Bertz CT molecular complexity index is 722. The lowest BCUT2D eigenvalue weighted by molar-refractivity contribution is -0.117. The van der Waals surface area contributed by atoms with E-state index in [1.165, 1.54) is 12.1 Å². The van der Waals surface area contributed by atoms with Gasteiger partial charge in [-0.3, -0.25) is 4.79 Å². The van der Waals surface area contributed by atoms with Gasteiger partial charge in [0, 0.05) is 10.8 Å². The summed E-state index contributed by atoms with van der Waals surface area (Å²) in [7, 11) is 0. The standard InChI is InChI=1S/C17H14F3NOS/c18-13-6-2-1-5-10(13)11-9-12(11)16(22)21-14-7-3-4-8-15(14)23-17(19)20/h1-8,11-12,17H,9H2,(H,21,22). The number of amides is 1. The third-order valence-corrected chi connectivity index (χ3v) is 4.58. The molecular weight excluding hydrogens is 323 g/mol. The van der Waals surface area contributed by atoms with Gasteiger partial charge in [-0.25, -0.2) is 4.39 Å². The van der Waals surface area contributed by atoms with E-state index in [1.54, 1.807) is 36.4 Å². The summed E-state index contributed by atoms with van der Waals surface area (Å²) in [5.41, 5.74) is 0.893. The van der Waals surface area contributed by atoms with Gasteiger partial charge in [-0.2, -0.15) is 8.78 Å². The van der Waals surface area contributed by atoms with Crippen LogP contribution in [0.5, 0.6) is 0 Å². The summed E-state index contributed by atoms with van der Waals surface area (Å²) in [4.78, 5) is 12.6. The molecule has 2 aromatic carbocycles. The number of alkyl halides is 2. The van der Waals surface area contributed by atoms with Gasteiger partial charge in [0.2, 0.25) is 5.91 Å². The van der Waals surface area contributed by atoms with E-state index in [4.69, 9.17) is 0 Å².